The number of aliphatic hydroxyl groups is 1. The Morgan fingerprint density at radius 3 is 2.64 bits per heavy atom. The van der Waals surface area contributed by atoms with Crippen LogP contribution in [0.2, 0.25) is 0 Å². The van der Waals surface area contributed by atoms with Gasteiger partial charge in [-0.1, -0.05) is 23.8 Å². The summed E-state index contributed by atoms with van der Waals surface area (Å²) >= 11 is 0. The number of benzene rings is 2. The molecule has 4 nitrogen and oxygen atoms in total. The van der Waals surface area contributed by atoms with Crippen LogP contribution in [0.1, 0.15) is 11.5 Å². The van der Waals surface area contributed by atoms with Crippen LogP contribution in [0.15, 0.2) is 48.5 Å². The molecule has 0 aliphatic carbocycles. The molecule has 2 aromatic rings. The standard InChI is InChI=1S/C17H16NO3.Y/c1-18-11-14(19)16(17(18)20)13-9-5-6-10-15(13)21-12-7-3-2-4-8-12;/h2-4,6-10,14,16,19H,11H2,1H3;/q-1;. The zero-order chi connectivity index (χ0) is 14.8. The Balaban J connectivity index is 0.00000176. The molecule has 0 bridgehead atoms. The second-order valence-electron chi connectivity index (χ2n) is 5.14. The molecule has 0 spiro atoms. The second kappa shape index (κ2) is 7.36. The fourth-order valence-corrected chi connectivity index (χ4v) is 2.60. The van der Waals surface area contributed by atoms with Crippen molar-refractivity contribution >= 4 is 5.91 Å². The van der Waals surface area contributed by atoms with E-state index in [0.29, 0.717) is 23.6 Å². The average molecular weight is 371 g/mol. The topological polar surface area (TPSA) is 49.8 Å². The van der Waals surface area contributed by atoms with Crippen LogP contribution >= 0.6 is 0 Å². The third-order valence-corrected chi connectivity index (χ3v) is 3.65. The number of β-amino-alcohol motifs (C(OH)–C–C–N with tert-alkyl or cyclic N) is 1. The molecule has 1 aliphatic heterocycles. The van der Waals surface area contributed by atoms with Crippen LogP contribution in [0.5, 0.6) is 11.5 Å². The van der Waals surface area contributed by atoms with Crippen molar-refractivity contribution in [1.29, 1.82) is 0 Å². The Hall–Kier alpha value is -1.23. The fourth-order valence-electron chi connectivity index (χ4n) is 2.60. The van der Waals surface area contributed by atoms with Gasteiger partial charge in [-0.25, -0.2) is 0 Å². The van der Waals surface area contributed by atoms with Crippen molar-refractivity contribution in [1.82, 2.24) is 4.90 Å². The Kier molecular flexibility index (Phi) is 5.73. The third-order valence-electron chi connectivity index (χ3n) is 3.65. The van der Waals surface area contributed by atoms with E-state index in [0.717, 1.165) is 0 Å². The van der Waals surface area contributed by atoms with E-state index in [4.69, 9.17) is 4.74 Å². The number of aliphatic hydroxyl groups excluding tert-OH is 1. The van der Waals surface area contributed by atoms with E-state index < -0.39 is 12.0 Å². The molecule has 1 radical (unpaired) electrons. The summed E-state index contributed by atoms with van der Waals surface area (Å²) in [5.41, 5.74) is 0.670. The average Bonchev–Trinajstić information content (AvgIpc) is 2.74. The molecule has 22 heavy (non-hydrogen) atoms. The van der Waals surface area contributed by atoms with E-state index in [9.17, 15) is 9.90 Å². The minimum absolute atomic E-state index is 0. The van der Waals surface area contributed by atoms with Crippen molar-refractivity contribution in [2.24, 2.45) is 0 Å². The smallest absolute Gasteiger partial charge is 0.221 e. The number of ether oxygens (including phenoxy) is 1. The number of likely N-dealkylation sites (N-methyl/N-ethyl adjacent to an activating group) is 1. The van der Waals surface area contributed by atoms with Crippen LogP contribution in [0, 0.1) is 6.07 Å². The first-order valence-corrected chi connectivity index (χ1v) is 6.83. The Bertz CT molecular complexity index is 647. The number of nitrogens with zero attached hydrogens (tertiary/aromatic N) is 1. The molecule has 1 heterocycles. The molecule has 111 valence electrons. The molecule has 5 heteroatoms. The van der Waals surface area contributed by atoms with Crippen molar-refractivity contribution in [3.63, 3.8) is 0 Å². The SMILES string of the molecule is CN1CC(O)C(c2c[c-]ccc2Oc2ccccc2)C1=O.[Y]. The molecule has 2 atom stereocenters. The van der Waals surface area contributed by atoms with Crippen LogP contribution in [0.25, 0.3) is 0 Å². The van der Waals surface area contributed by atoms with Gasteiger partial charge in [-0.2, -0.15) is 18.2 Å². The molecule has 0 saturated carbocycles. The number of hydrogen-bond acceptors (Lipinski definition) is 3. The predicted molar refractivity (Wildman–Crippen MR) is 78.2 cm³/mol. The first-order valence-electron chi connectivity index (χ1n) is 6.83. The van der Waals surface area contributed by atoms with E-state index in [1.165, 1.54) is 4.90 Å². The number of rotatable bonds is 3. The number of carbonyl (C=O) groups excluding carboxylic acids is 1. The zero-order valence-electron chi connectivity index (χ0n) is 12.3. The van der Waals surface area contributed by atoms with Crippen molar-refractivity contribution in [2.45, 2.75) is 12.0 Å². The Morgan fingerprint density at radius 1 is 1.27 bits per heavy atom. The predicted octanol–water partition coefficient (Wildman–Crippen LogP) is 2.19. The fraction of sp³-hybridized carbons (Fsp3) is 0.235. The van der Waals surface area contributed by atoms with Gasteiger partial charge in [-0.05, 0) is 12.1 Å². The van der Waals surface area contributed by atoms with Crippen LogP contribution < -0.4 is 4.74 Å². The summed E-state index contributed by atoms with van der Waals surface area (Å²) in [4.78, 5) is 13.8. The van der Waals surface area contributed by atoms with Crippen molar-refractivity contribution in [3.8, 4) is 11.5 Å². The zero-order valence-corrected chi connectivity index (χ0v) is 15.1. The van der Waals surface area contributed by atoms with Gasteiger partial charge in [0.15, 0.2) is 0 Å². The molecule has 1 fully saturated rings. The molecule has 1 N–H and O–H groups in total. The molecule has 0 aromatic heterocycles. The summed E-state index contributed by atoms with van der Waals surface area (Å²) in [6, 6.07) is 17.5. The monoisotopic (exact) mass is 371 g/mol. The van der Waals surface area contributed by atoms with Gasteiger partial charge in [-0.3, -0.25) is 4.79 Å². The van der Waals surface area contributed by atoms with E-state index in [2.05, 4.69) is 6.07 Å². The summed E-state index contributed by atoms with van der Waals surface area (Å²) in [6.45, 7) is 0.336. The first kappa shape index (κ1) is 17.1. The van der Waals surface area contributed by atoms with E-state index in [1.807, 2.05) is 30.3 Å². The van der Waals surface area contributed by atoms with Crippen LogP contribution in [0.3, 0.4) is 0 Å². The molecule has 1 amide bonds. The summed E-state index contributed by atoms with van der Waals surface area (Å²) in [6.07, 6.45) is -0.726. The second-order valence-corrected chi connectivity index (χ2v) is 5.14. The quantitative estimate of drug-likeness (QED) is 0.842. The van der Waals surface area contributed by atoms with Gasteiger partial charge in [0.05, 0.1) is 6.10 Å². The number of amides is 1. The summed E-state index contributed by atoms with van der Waals surface area (Å²) in [5.74, 6) is 0.581. The van der Waals surface area contributed by atoms with Crippen LogP contribution in [-0.2, 0) is 37.5 Å². The number of para-hydroxylation sites is 1. The van der Waals surface area contributed by atoms with Crippen molar-refractivity contribution in [3.05, 3.63) is 60.2 Å². The molecule has 3 rings (SSSR count). The van der Waals surface area contributed by atoms with Gasteiger partial charge in [0.2, 0.25) is 5.91 Å². The molecule has 1 aliphatic rings. The minimum atomic E-state index is -0.726. The minimum Gasteiger partial charge on any atom is -0.483 e. The third kappa shape index (κ3) is 3.40. The van der Waals surface area contributed by atoms with Gasteiger partial charge in [-0.15, -0.1) is 6.07 Å². The van der Waals surface area contributed by atoms with E-state index in [-0.39, 0.29) is 38.6 Å². The van der Waals surface area contributed by atoms with Gasteiger partial charge in [0.25, 0.3) is 0 Å². The van der Waals surface area contributed by atoms with E-state index in [1.54, 1.807) is 25.2 Å². The molecular weight excluding hydrogens is 355 g/mol. The van der Waals surface area contributed by atoms with Crippen molar-refractivity contribution < 1.29 is 47.3 Å². The van der Waals surface area contributed by atoms with E-state index >= 15 is 0 Å². The van der Waals surface area contributed by atoms with Gasteiger partial charge in [0.1, 0.15) is 5.75 Å². The number of carbonyl (C=O) groups is 1. The Morgan fingerprint density at radius 2 is 2.00 bits per heavy atom. The molecule has 2 aromatic carbocycles. The number of hydrogen-bond donors (Lipinski definition) is 1. The molecule has 1 saturated heterocycles. The van der Waals surface area contributed by atoms with Crippen molar-refractivity contribution in [2.75, 3.05) is 13.6 Å². The van der Waals surface area contributed by atoms with Gasteiger partial charge in [0, 0.05) is 58.0 Å². The largest absolute Gasteiger partial charge is 0.483 e. The molecule has 2 unspecified atom stereocenters. The normalized spacial score (nSPS) is 20.6. The maximum Gasteiger partial charge on any atom is 0.221 e. The summed E-state index contributed by atoms with van der Waals surface area (Å²) in [5, 5.41) is 10.1. The first-order chi connectivity index (χ1) is 10.2. The maximum atomic E-state index is 12.2. The number of likely N-dealkylation sites (tertiary alicyclic amines) is 1. The van der Waals surface area contributed by atoms with Gasteiger partial charge >= 0.3 is 0 Å². The van der Waals surface area contributed by atoms with Gasteiger partial charge < -0.3 is 14.7 Å². The maximum absolute atomic E-state index is 12.2. The Labute approximate surface area is 155 Å². The van der Waals surface area contributed by atoms with Crippen LogP contribution in [0.4, 0.5) is 0 Å². The van der Waals surface area contributed by atoms with Crippen LogP contribution in [-0.4, -0.2) is 35.6 Å². The summed E-state index contributed by atoms with van der Waals surface area (Å²) < 4.78 is 5.85. The summed E-state index contributed by atoms with van der Waals surface area (Å²) in [7, 11) is 1.69. The molecular formula is C17H16NO3Y-.